The SMILES string of the molecule is O=C(N[C@@H](Cc1ccc(-c2ccccc2)cc1)C(=O)O)c1cnc2ccccc2c1. The Bertz CT molecular complexity index is 1190. The van der Waals surface area contributed by atoms with Gasteiger partial charge in [-0.05, 0) is 28.8 Å². The van der Waals surface area contributed by atoms with Crippen LogP contribution in [-0.2, 0) is 11.2 Å². The highest BCUT2D eigenvalue weighted by atomic mass is 16.4. The first-order valence-electron chi connectivity index (χ1n) is 9.63. The van der Waals surface area contributed by atoms with Crippen LogP contribution in [0.15, 0.2) is 91.1 Å². The van der Waals surface area contributed by atoms with Crippen LogP contribution >= 0.6 is 0 Å². The molecule has 0 saturated heterocycles. The molecule has 1 amide bonds. The molecule has 0 bridgehead atoms. The third-order valence-corrected chi connectivity index (χ3v) is 4.96. The fourth-order valence-corrected chi connectivity index (χ4v) is 3.34. The standard InChI is InChI=1S/C25H20N2O3/c28-24(21-15-20-8-4-5-9-22(20)26-16-21)27-23(25(29)30)14-17-10-12-19(13-11-17)18-6-2-1-3-7-18/h1-13,15-16,23H,14H2,(H,27,28)(H,29,30)/t23-/m0/s1. The molecule has 1 atom stereocenters. The second kappa shape index (κ2) is 8.57. The molecule has 30 heavy (non-hydrogen) atoms. The summed E-state index contributed by atoms with van der Waals surface area (Å²) in [5.41, 5.74) is 4.09. The van der Waals surface area contributed by atoms with Gasteiger partial charge < -0.3 is 10.4 Å². The number of hydrogen-bond donors (Lipinski definition) is 2. The second-order valence-corrected chi connectivity index (χ2v) is 7.05. The van der Waals surface area contributed by atoms with Gasteiger partial charge in [-0.15, -0.1) is 0 Å². The first-order valence-corrected chi connectivity index (χ1v) is 9.63. The number of carbonyl (C=O) groups excluding carboxylic acids is 1. The fraction of sp³-hybridized carbons (Fsp3) is 0.0800. The van der Waals surface area contributed by atoms with Crippen LogP contribution in [0.25, 0.3) is 22.0 Å². The zero-order valence-corrected chi connectivity index (χ0v) is 16.2. The number of aliphatic carboxylic acids is 1. The number of para-hydroxylation sites is 1. The van der Waals surface area contributed by atoms with E-state index in [0.717, 1.165) is 27.6 Å². The van der Waals surface area contributed by atoms with Gasteiger partial charge in [-0.2, -0.15) is 0 Å². The average molecular weight is 396 g/mol. The molecule has 4 aromatic rings. The third kappa shape index (κ3) is 4.36. The summed E-state index contributed by atoms with van der Waals surface area (Å²) in [6.07, 6.45) is 1.66. The van der Waals surface area contributed by atoms with Crippen molar-refractivity contribution in [1.29, 1.82) is 0 Å². The van der Waals surface area contributed by atoms with Crippen molar-refractivity contribution < 1.29 is 14.7 Å². The molecular weight excluding hydrogens is 376 g/mol. The topological polar surface area (TPSA) is 79.3 Å². The minimum Gasteiger partial charge on any atom is -0.480 e. The number of rotatable bonds is 6. The first kappa shape index (κ1) is 19.3. The number of benzene rings is 3. The van der Waals surface area contributed by atoms with Crippen LogP contribution in [0.2, 0.25) is 0 Å². The molecule has 0 spiro atoms. The molecule has 4 rings (SSSR count). The summed E-state index contributed by atoms with van der Waals surface area (Å²) < 4.78 is 0. The number of carboxylic acid groups (broad SMARTS) is 1. The fourth-order valence-electron chi connectivity index (χ4n) is 3.34. The molecule has 0 saturated carbocycles. The lowest BCUT2D eigenvalue weighted by molar-refractivity contribution is -0.139. The molecule has 1 heterocycles. The molecule has 0 aliphatic rings. The number of aromatic nitrogens is 1. The van der Waals surface area contributed by atoms with Crippen molar-refractivity contribution in [3.8, 4) is 11.1 Å². The van der Waals surface area contributed by atoms with Crippen molar-refractivity contribution in [3.63, 3.8) is 0 Å². The Balaban J connectivity index is 1.48. The summed E-state index contributed by atoms with van der Waals surface area (Å²) in [5, 5.41) is 13.0. The molecule has 5 nitrogen and oxygen atoms in total. The summed E-state index contributed by atoms with van der Waals surface area (Å²) in [7, 11) is 0. The highest BCUT2D eigenvalue weighted by molar-refractivity contribution is 5.99. The third-order valence-electron chi connectivity index (χ3n) is 4.96. The summed E-state index contributed by atoms with van der Waals surface area (Å²) in [6, 6.07) is 25.8. The summed E-state index contributed by atoms with van der Waals surface area (Å²) >= 11 is 0. The smallest absolute Gasteiger partial charge is 0.326 e. The number of pyridine rings is 1. The highest BCUT2D eigenvalue weighted by Crippen LogP contribution is 2.20. The molecule has 0 unspecified atom stereocenters. The molecule has 0 aliphatic carbocycles. The first-order chi connectivity index (χ1) is 14.6. The monoisotopic (exact) mass is 396 g/mol. The lowest BCUT2D eigenvalue weighted by Gasteiger charge is -2.15. The zero-order valence-electron chi connectivity index (χ0n) is 16.2. The van der Waals surface area contributed by atoms with Crippen molar-refractivity contribution in [2.75, 3.05) is 0 Å². The Kier molecular flexibility index (Phi) is 5.52. The summed E-state index contributed by atoms with van der Waals surface area (Å²) in [6.45, 7) is 0. The highest BCUT2D eigenvalue weighted by Gasteiger charge is 2.21. The van der Waals surface area contributed by atoms with Crippen LogP contribution in [-0.4, -0.2) is 28.0 Å². The van der Waals surface area contributed by atoms with Gasteiger partial charge in [0, 0.05) is 18.0 Å². The van der Waals surface area contributed by atoms with Gasteiger partial charge in [-0.3, -0.25) is 9.78 Å². The van der Waals surface area contributed by atoms with Crippen LogP contribution in [0.5, 0.6) is 0 Å². The molecule has 0 radical (unpaired) electrons. The predicted octanol–water partition coefficient (Wildman–Crippen LogP) is 4.33. The van der Waals surface area contributed by atoms with E-state index in [1.54, 1.807) is 6.07 Å². The number of carboxylic acids is 1. The number of amides is 1. The van der Waals surface area contributed by atoms with E-state index < -0.39 is 17.9 Å². The second-order valence-electron chi connectivity index (χ2n) is 7.05. The van der Waals surface area contributed by atoms with Crippen LogP contribution in [0.3, 0.4) is 0 Å². The molecule has 0 aliphatic heterocycles. The van der Waals surface area contributed by atoms with E-state index in [4.69, 9.17) is 0 Å². The molecule has 5 heteroatoms. The van der Waals surface area contributed by atoms with E-state index in [2.05, 4.69) is 10.3 Å². The van der Waals surface area contributed by atoms with Gasteiger partial charge in [-0.1, -0.05) is 72.8 Å². The van der Waals surface area contributed by atoms with Crippen molar-refractivity contribution in [2.24, 2.45) is 0 Å². The van der Waals surface area contributed by atoms with E-state index in [1.165, 1.54) is 6.20 Å². The number of hydrogen-bond acceptors (Lipinski definition) is 3. The van der Waals surface area contributed by atoms with Gasteiger partial charge in [0.1, 0.15) is 6.04 Å². The normalized spacial score (nSPS) is 11.7. The van der Waals surface area contributed by atoms with Gasteiger partial charge >= 0.3 is 5.97 Å². The van der Waals surface area contributed by atoms with Gasteiger partial charge in [0.2, 0.25) is 0 Å². The van der Waals surface area contributed by atoms with E-state index in [1.807, 2.05) is 78.9 Å². The molecular formula is C25H20N2O3. The number of nitrogens with zero attached hydrogens (tertiary/aromatic N) is 1. The number of nitrogens with one attached hydrogen (secondary N) is 1. The number of fused-ring (bicyclic) bond motifs is 1. The lowest BCUT2D eigenvalue weighted by Crippen LogP contribution is -2.42. The lowest BCUT2D eigenvalue weighted by atomic mass is 10.0. The van der Waals surface area contributed by atoms with Crippen molar-refractivity contribution in [1.82, 2.24) is 10.3 Å². The summed E-state index contributed by atoms with van der Waals surface area (Å²) in [4.78, 5) is 28.6. The minimum absolute atomic E-state index is 0.192. The van der Waals surface area contributed by atoms with Gasteiger partial charge in [0.15, 0.2) is 0 Å². The van der Waals surface area contributed by atoms with E-state index in [9.17, 15) is 14.7 Å². The molecule has 2 N–H and O–H groups in total. The van der Waals surface area contributed by atoms with E-state index >= 15 is 0 Å². The maximum Gasteiger partial charge on any atom is 0.326 e. The minimum atomic E-state index is -1.08. The van der Waals surface area contributed by atoms with Gasteiger partial charge in [0.05, 0.1) is 11.1 Å². The molecule has 148 valence electrons. The van der Waals surface area contributed by atoms with Crippen LogP contribution in [0, 0.1) is 0 Å². The van der Waals surface area contributed by atoms with Crippen LogP contribution in [0.1, 0.15) is 15.9 Å². The Hall–Kier alpha value is -3.99. The number of carbonyl (C=O) groups is 2. The molecule has 3 aromatic carbocycles. The largest absolute Gasteiger partial charge is 0.480 e. The molecule has 0 fully saturated rings. The quantitative estimate of drug-likeness (QED) is 0.508. The van der Waals surface area contributed by atoms with E-state index in [-0.39, 0.29) is 6.42 Å². The Labute approximate surface area is 174 Å². The van der Waals surface area contributed by atoms with Crippen molar-refractivity contribution >= 4 is 22.8 Å². The summed E-state index contributed by atoms with van der Waals surface area (Å²) in [5.74, 6) is -1.54. The Morgan fingerprint density at radius 2 is 1.53 bits per heavy atom. The Morgan fingerprint density at radius 3 is 2.27 bits per heavy atom. The Morgan fingerprint density at radius 1 is 0.867 bits per heavy atom. The van der Waals surface area contributed by atoms with E-state index in [0.29, 0.717) is 5.56 Å². The van der Waals surface area contributed by atoms with Gasteiger partial charge in [-0.25, -0.2) is 4.79 Å². The van der Waals surface area contributed by atoms with Crippen molar-refractivity contribution in [3.05, 3.63) is 102 Å². The maximum absolute atomic E-state index is 12.6. The maximum atomic E-state index is 12.6. The van der Waals surface area contributed by atoms with Crippen LogP contribution in [0.4, 0.5) is 0 Å². The van der Waals surface area contributed by atoms with Crippen molar-refractivity contribution in [2.45, 2.75) is 12.5 Å². The average Bonchev–Trinajstić information content (AvgIpc) is 2.79. The predicted molar refractivity (Wildman–Crippen MR) is 116 cm³/mol. The zero-order chi connectivity index (χ0) is 20.9. The van der Waals surface area contributed by atoms with Gasteiger partial charge in [0.25, 0.3) is 5.91 Å². The van der Waals surface area contributed by atoms with Crippen LogP contribution < -0.4 is 5.32 Å². The molecule has 1 aromatic heterocycles.